The van der Waals surface area contributed by atoms with Crippen LogP contribution < -0.4 is 9.47 Å². The summed E-state index contributed by atoms with van der Waals surface area (Å²) in [5.41, 5.74) is 1.89. The van der Waals surface area contributed by atoms with E-state index in [1.807, 2.05) is 41.3 Å². The predicted molar refractivity (Wildman–Crippen MR) is 112 cm³/mol. The Morgan fingerprint density at radius 3 is 2.76 bits per heavy atom. The maximum atomic E-state index is 13.0. The van der Waals surface area contributed by atoms with Crippen LogP contribution in [0.25, 0.3) is 6.08 Å². The van der Waals surface area contributed by atoms with Gasteiger partial charge in [0, 0.05) is 25.8 Å². The zero-order valence-corrected chi connectivity index (χ0v) is 16.9. The molecule has 1 fully saturated rings. The minimum Gasteiger partial charge on any atom is -0.486 e. The summed E-state index contributed by atoms with van der Waals surface area (Å²) in [7, 11) is 0. The van der Waals surface area contributed by atoms with Gasteiger partial charge in [0.05, 0.1) is 11.1 Å². The monoisotopic (exact) mass is 413 g/mol. The Bertz CT molecular complexity index is 878. The van der Waals surface area contributed by atoms with Crippen LogP contribution in [0.15, 0.2) is 48.5 Å². The molecule has 1 saturated heterocycles. The number of ether oxygens (including phenoxy) is 3. The van der Waals surface area contributed by atoms with Crippen LogP contribution in [0.2, 0.25) is 5.02 Å². The first-order chi connectivity index (χ1) is 14.2. The van der Waals surface area contributed by atoms with Gasteiger partial charge < -0.3 is 19.1 Å². The molecule has 0 N–H and O–H groups in total. The molecule has 0 bridgehead atoms. The van der Waals surface area contributed by atoms with E-state index in [0.717, 1.165) is 30.6 Å². The summed E-state index contributed by atoms with van der Waals surface area (Å²) in [5.74, 6) is 1.11. The van der Waals surface area contributed by atoms with Gasteiger partial charge in [-0.05, 0) is 42.2 Å². The molecule has 0 spiro atoms. The smallest absolute Gasteiger partial charge is 0.246 e. The van der Waals surface area contributed by atoms with Gasteiger partial charge in [0.1, 0.15) is 13.2 Å². The van der Waals surface area contributed by atoms with E-state index in [1.54, 1.807) is 18.2 Å². The maximum absolute atomic E-state index is 13.0. The number of benzene rings is 2. The third-order valence-electron chi connectivity index (χ3n) is 5.01. The van der Waals surface area contributed by atoms with E-state index in [1.165, 1.54) is 0 Å². The van der Waals surface area contributed by atoms with Gasteiger partial charge in [0.2, 0.25) is 5.91 Å². The number of carbonyl (C=O) groups excluding carboxylic acids is 1. The minimum atomic E-state index is -0.0598. The molecule has 2 aliphatic rings. The summed E-state index contributed by atoms with van der Waals surface area (Å²) < 4.78 is 16.9. The van der Waals surface area contributed by atoms with Gasteiger partial charge in [-0.25, -0.2) is 0 Å². The fraction of sp³-hybridized carbons (Fsp3) is 0.348. The van der Waals surface area contributed by atoms with Crippen LogP contribution in [-0.4, -0.2) is 43.3 Å². The van der Waals surface area contributed by atoms with Crippen molar-refractivity contribution in [2.75, 3.05) is 26.4 Å². The van der Waals surface area contributed by atoms with Crippen molar-refractivity contribution in [3.05, 3.63) is 64.7 Å². The molecule has 0 saturated carbocycles. The van der Waals surface area contributed by atoms with E-state index in [9.17, 15) is 4.79 Å². The first kappa shape index (κ1) is 19.8. The van der Waals surface area contributed by atoms with Gasteiger partial charge >= 0.3 is 0 Å². The molecular formula is C23H24ClNO4. The van der Waals surface area contributed by atoms with Crippen molar-refractivity contribution < 1.29 is 19.0 Å². The molecular weight excluding hydrogens is 390 g/mol. The highest BCUT2D eigenvalue weighted by atomic mass is 35.5. The second kappa shape index (κ2) is 9.33. The summed E-state index contributed by atoms with van der Waals surface area (Å²) in [5, 5.41) is 0.481. The summed E-state index contributed by atoms with van der Waals surface area (Å²) in [6, 6.07) is 13.6. The molecule has 2 heterocycles. The number of halogens is 1. The number of nitrogens with zero attached hydrogens (tertiary/aromatic N) is 1. The lowest BCUT2D eigenvalue weighted by Crippen LogP contribution is -2.35. The van der Waals surface area contributed by atoms with Crippen LogP contribution in [-0.2, 0) is 16.1 Å². The molecule has 5 nitrogen and oxygen atoms in total. The van der Waals surface area contributed by atoms with E-state index in [-0.39, 0.29) is 12.0 Å². The molecule has 4 rings (SSSR count). The van der Waals surface area contributed by atoms with Crippen molar-refractivity contribution in [2.24, 2.45) is 0 Å². The van der Waals surface area contributed by atoms with Gasteiger partial charge in [-0.1, -0.05) is 41.9 Å². The fourth-order valence-electron chi connectivity index (χ4n) is 3.57. The molecule has 1 amide bonds. The van der Waals surface area contributed by atoms with Crippen molar-refractivity contribution in [1.29, 1.82) is 0 Å². The van der Waals surface area contributed by atoms with Crippen LogP contribution in [0.4, 0.5) is 0 Å². The van der Waals surface area contributed by atoms with Gasteiger partial charge in [0.25, 0.3) is 0 Å². The van der Waals surface area contributed by atoms with E-state index in [0.29, 0.717) is 42.8 Å². The Hall–Kier alpha value is -2.50. The predicted octanol–water partition coefficient (Wildman–Crippen LogP) is 4.33. The fourth-order valence-corrected chi connectivity index (χ4v) is 3.84. The number of rotatable bonds is 6. The topological polar surface area (TPSA) is 48.0 Å². The summed E-state index contributed by atoms with van der Waals surface area (Å²) in [6.07, 6.45) is 5.48. The Balaban J connectivity index is 1.50. The van der Waals surface area contributed by atoms with Crippen molar-refractivity contribution in [3.8, 4) is 11.5 Å². The third kappa shape index (κ3) is 5.11. The van der Waals surface area contributed by atoms with Crippen LogP contribution in [0.1, 0.15) is 24.0 Å². The lowest BCUT2D eigenvalue weighted by Gasteiger charge is -2.24. The number of hydrogen-bond donors (Lipinski definition) is 0. The summed E-state index contributed by atoms with van der Waals surface area (Å²) in [6.45, 7) is 2.87. The van der Waals surface area contributed by atoms with Crippen LogP contribution in [0.3, 0.4) is 0 Å². The molecule has 152 valence electrons. The SMILES string of the molecule is O=C(/C=C/c1cc(Cl)c2c(c1)OCCO2)N(Cc1ccccc1)CC1CCCO1. The molecule has 6 heteroatoms. The molecule has 2 aliphatic heterocycles. The quantitative estimate of drug-likeness (QED) is 0.661. The Kier molecular flexibility index (Phi) is 6.37. The Labute approximate surface area is 175 Å². The molecule has 2 aromatic carbocycles. The lowest BCUT2D eigenvalue weighted by molar-refractivity contribution is -0.128. The van der Waals surface area contributed by atoms with Gasteiger partial charge in [-0.15, -0.1) is 0 Å². The van der Waals surface area contributed by atoms with E-state index >= 15 is 0 Å². The van der Waals surface area contributed by atoms with Gasteiger partial charge in [0.15, 0.2) is 11.5 Å². The highest BCUT2D eigenvalue weighted by molar-refractivity contribution is 6.32. The average Bonchev–Trinajstić information content (AvgIpc) is 3.25. The molecule has 0 aliphatic carbocycles. The standard InChI is InChI=1S/C23H24ClNO4/c24-20-13-18(14-21-23(20)29-12-11-28-21)8-9-22(26)25(16-19-7-4-10-27-19)15-17-5-2-1-3-6-17/h1-3,5-6,8-9,13-14,19H,4,7,10-12,15-16H2/b9-8+. The van der Waals surface area contributed by atoms with Crippen LogP contribution >= 0.6 is 11.6 Å². The van der Waals surface area contributed by atoms with Gasteiger partial charge in [-0.3, -0.25) is 4.79 Å². The highest BCUT2D eigenvalue weighted by Gasteiger charge is 2.22. The first-order valence-corrected chi connectivity index (χ1v) is 10.3. The largest absolute Gasteiger partial charge is 0.486 e. The molecule has 0 aromatic heterocycles. The van der Waals surface area contributed by atoms with Crippen LogP contribution in [0.5, 0.6) is 11.5 Å². The van der Waals surface area contributed by atoms with Crippen molar-refractivity contribution >= 4 is 23.6 Å². The first-order valence-electron chi connectivity index (χ1n) is 9.91. The Morgan fingerprint density at radius 2 is 1.97 bits per heavy atom. The summed E-state index contributed by atoms with van der Waals surface area (Å²) in [4.78, 5) is 14.8. The van der Waals surface area contributed by atoms with Gasteiger partial charge in [-0.2, -0.15) is 0 Å². The normalized spacial score (nSPS) is 18.2. The average molecular weight is 414 g/mol. The van der Waals surface area contributed by atoms with Crippen molar-refractivity contribution in [2.45, 2.75) is 25.5 Å². The minimum absolute atomic E-state index is 0.0598. The van der Waals surface area contributed by atoms with Crippen molar-refractivity contribution in [1.82, 2.24) is 4.90 Å². The Morgan fingerprint density at radius 1 is 1.14 bits per heavy atom. The number of fused-ring (bicyclic) bond motifs is 1. The number of hydrogen-bond acceptors (Lipinski definition) is 4. The second-order valence-electron chi connectivity index (χ2n) is 7.20. The molecule has 1 unspecified atom stereocenters. The second-order valence-corrected chi connectivity index (χ2v) is 7.61. The molecule has 2 aromatic rings. The van der Waals surface area contributed by atoms with Crippen LogP contribution in [0, 0.1) is 0 Å². The number of carbonyl (C=O) groups is 1. The van der Waals surface area contributed by atoms with E-state index < -0.39 is 0 Å². The van der Waals surface area contributed by atoms with Crippen molar-refractivity contribution in [3.63, 3.8) is 0 Å². The molecule has 0 radical (unpaired) electrons. The number of amides is 1. The molecule has 1 atom stereocenters. The third-order valence-corrected chi connectivity index (χ3v) is 5.29. The summed E-state index contributed by atoms with van der Waals surface area (Å²) >= 11 is 6.30. The molecule has 29 heavy (non-hydrogen) atoms. The zero-order valence-electron chi connectivity index (χ0n) is 16.2. The highest BCUT2D eigenvalue weighted by Crippen LogP contribution is 2.38. The maximum Gasteiger partial charge on any atom is 0.246 e. The lowest BCUT2D eigenvalue weighted by atomic mass is 10.1. The van der Waals surface area contributed by atoms with E-state index in [4.69, 9.17) is 25.8 Å². The zero-order chi connectivity index (χ0) is 20.1. The van der Waals surface area contributed by atoms with E-state index in [2.05, 4.69) is 0 Å².